The zero-order valence-corrected chi connectivity index (χ0v) is 9.77. The fraction of sp³-hybridized carbons (Fsp3) is 0.143. The Morgan fingerprint density at radius 2 is 1.88 bits per heavy atom. The fourth-order valence-electron chi connectivity index (χ4n) is 1.87. The molecule has 2 rings (SSSR count). The van der Waals surface area contributed by atoms with Gasteiger partial charge in [0.15, 0.2) is 0 Å². The number of rotatable bonds is 2. The Kier molecular flexibility index (Phi) is 3.12. The van der Waals surface area contributed by atoms with E-state index in [0.29, 0.717) is 11.4 Å². The van der Waals surface area contributed by atoms with Crippen LogP contribution in [-0.4, -0.2) is 11.1 Å². The lowest BCUT2D eigenvalue weighted by molar-refractivity contribution is 0.565. The van der Waals surface area contributed by atoms with Gasteiger partial charge in [-0.3, -0.25) is 4.98 Å². The molecule has 17 heavy (non-hydrogen) atoms. The summed E-state index contributed by atoms with van der Waals surface area (Å²) in [6, 6.07) is 9.65. The Labute approximate surface area is 99.9 Å². The van der Waals surface area contributed by atoms with Crippen LogP contribution < -0.4 is 0 Å². The molecule has 0 saturated carbocycles. The molecule has 0 spiro atoms. The monoisotopic (exact) mass is 224 g/mol. The first kappa shape index (κ1) is 11.2. The number of isocyanates is 1. The summed E-state index contributed by atoms with van der Waals surface area (Å²) >= 11 is 0. The van der Waals surface area contributed by atoms with Crippen molar-refractivity contribution in [1.82, 2.24) is 4.98 Å². The molecule has 0 N–H and O–H groups in total. The molecule has 0 radical (unpaired) electrons. The van der Waals surface area contributed by atoms with Gasteiger partial charge in [0.2, 0.25) is 6.08 Å². The maximum Gasteiger partial charge on any atom is 0.240 e. The molecule has 3 heteroatoms. The van der Waals surface area contributed by atoms with Gasteiger partial charge in [-0.1, -0.05) is 17.2 Å². The zero-order valence-electron chi connectivity index (χ0n) is 9.77. The molecule has 0 saturated heterocycles. The van der Waals surface area contributed by atoms with E-state index >= 15 is 0 Å². The van der Waals surface area contributed by atoms with Crippen molar-refractivity contribution in [3.63, 3.8) is 0 Å². The Balaban J connectivity index is 2.63. The van der Waals surface area contributed by atoms with Crippen LogP contribution in [0.1, 0.15) is 11.1 Å². The lowest BCUT2D eigenvalue weighted by Gasteiger charge is -2.06. The number of nitrogens with zero attached hydrogens (tertiary/aromatic N) is 2. The number of carbonyl (C=O) groups excluding carboxylic acids is 1. The van der Waals surface area contributed by atoms with Gasteiger partial charge < -0.3 is 0 Å². The summed E-state index contributed by atoms with van der Waals surface area (Å²) in [6.45, 7) is 4.06. The van der Waals surface area contributed by atoms with Crippen molar-refractivity contribution in [2.45, 2.75) is 13.8 Å². The maximum atomic E-state index is 10.4. The third kappa shape index (κ3) is 2.47. The lowest BCUT2D eigenvalue weighted by atomic mass is 10.0. The Hall–Kier alpha value is -2.25. The van der Waals surface area contributed by atoms with Crippen LogP contribution in [0.5, 0.6) is 0 Å². The number of aromatic nitrogens is 1. The minimum atomic E-state index is 0.549. The molecule has 0 aliphatic heterocycles. The number of aliphatic imine (C=N–C) groups is 1. The van der Waals surface area contributed by atoms with E-state index in [1.54, 1.807) is 24.4 Å². The molecule has 0 amide bonds. The average molecular weight is 224 g/mol. The summed E-state index contributed by atoms with van der Waals surface area (Å²) < 4.78 is 0. The second-order valence-electron chi connectivity index (χ2n) is 3.95. The highest BCUT2D eigenvalue weighted by Crippen LogP contribution is 2.28. The van der Waals surface area contributed by atoms with Crippen molar-refractivity contribution < 1.29 is 4.79 Å². The van der Waals surface area contributed by atoms with Gasteiger partial charge in [-0.15, -0.1) is 0 Å². The Morgan fingerprint density at radius 3 is 2.53 bits per heavy atom. The van der Waals surface area contributed by atoms with Crippen molar-refractivity contribution in [3.05, 3.63) is 47.7 Å². The lowest BCUT2D eigenvalue weighted by Crippen LogP contribution is -1.86. The molecule has 0 bridgehead atoms. The van der Waals surface area contributed by atoms with Crippen LogP contribution >= 0.6 is 0 Å². The molecule has 2 aromatic rings. The topological polar surface area (TPSA) is 42.3 Å². The van der Waals surface area contributed by atoms with E-state index < -0.39 is 0 Å². The van der Waals surface area contributed by atoms with Gasteiger partial charge in [0, 0.05) is 11.8 Å². The van der Waals surface area contributed by atoms with Crippen molar-refractivity contribution >= 4 is 11.8 Å². The summed E-state index contributed by atoms with van der Waals surface area (Å²) in [7, 11) is 0. The molecular formula is C14H12N2O. The Bertz CT molecular complexity index is 579. The van der Waals surface area contributed by atoms with Crippen LogP contribution in [0.4, 0.5) is 5.69 Å². The van der Waals surface area contributed by atoms with Gasteiger partial charge in [0.05, 0.1) is 5.69 Å². The minimum absolute atomic E-state index is 0.549. The summed E-state index contributed by atoms with van der Waals surface area (Å²) in [5, 5.41) is 0. The van der Waals surface area contributed by atoms with Crippen LogP contribution in [-0.2, 0) is 4.79 Å². The van der Waals surface area contributed by atoms with Crippen LogP contribution in [0.2, 0.25) is 0 Å². The highest BCUT2D eigenvalue weighted by Gasteiger charge is 2.06. The molecule has 0 atom stereocenters. The minimum Gasteiger partial charge on any atom is -0.254 e. The van der Waals surface area contributed by atoms with E-state index in [4.69, 9.17) is 0 Å². The van der Waals surface area contributed by atoms with Crippen LogP contribution in [0.25, 0.3) is 11.3 Å². The second-order valence-corrected chi connectivity index (χ2v) is 3.95. The highest BCUT2D eigenvalue weighted by molar-refractivity contribution is 5.74. The van der Waals surface area contributed by atoms with Gasteiger partial charge in [-0.25, -0.2) is 4.79 Å². The molecular weight excluding hydrogens is 212 g/mol. The van der Waals surface area contributed by atoms with E-state index in [0.717, 1.165) is 16.7 Å². The van der Waals surface area contributed by atoms with Gasteiger partial charge in [0.1, 0.15) is 5.69 Å². The third-order valence-electron chi connectivity index (χ3n) is 2.45. The van der Waals surface area contributed by atoms with Gasteiger partial charge in [-0.2, -0.15) is 4.99 Å². The summed E-state index contributed by atoms with van der Waals surface area (Å²) in [6.07, 6.45) is 3.25. The molecule has 0 aliphatic carbocycles. The fourth-order valence-corrected chi connectivity index (χ4v) is 1.87. The highest BCUT2D eigenvalue weighted by atomic mass is 16.1. The molecule has 0 fully saturated rings. The van der Waals surface area contributed by atoms with Crippen molar-refractivity contribution in [1.29, 1.82) is 0 Å². The molecule has 0 unspecified atom stereocenters. The standard InChI is InChI=1S/C14H12N2O/c1-10-6-11(2)8-12(7-10)14-13(16-9-17)4-3-5-15-14/h3-8H,1-2H3. The first-order valence-corrected chi connectivity index (χ1v) is 5.32. The summed E-state index contributed by atoms with van der Waals surface area (Å²) in [5.41, 5.74) is 4.55. The maximum absolute atomic E-state index is 10.4. The normalized spacial score (nSPS) is 9.76. The molecule has 0 aliphatic rings. The SMILES string of the molecule is Cc1cc(C)cc(-c2ncccc2N=C=O)c1. The van der Waals surface area contributed by atoms with Crippen LogP contribution in [0.3, 0.4) is 0 Å². The zero-order chi connectivity index (χ0) is 12.3. The summed E-state index contributed by atoms with van der Waals surface area (Å²) in [5.74, 6) is 0. The quantitative estimate of drug-likeness (QED) is 0.580. The third-order valence-corrected chi connectivity index (χ3v) is 2.45. The predicted octanol–water partition coefficient (Wildman–Crippen LogP) is 3.33. The van der Waals surface area contributed by atoms with Crippen molar-refractivity contribution in [2.24, 2.45) is 4.99 Å². The van der Waals surface area contributed by atoms with E-state index in [2.05, 4.69) is 16.0 Å². The number of hydrogen-bond acceptors (Lipinski definition) is 3. The van der Waals surface area contributed by atoms with Gasteiger partial charge in [0.25, 0.3) is 0 Å². The van der Waals surface area contributed by atoms with E-state index in [9.17, 15) is 4.79 Å². The Morgan fingerprint density at radius 1 is 1.18 bits per heavy atom. The van der Waals surface area contributed by atoms with E-state index in [1.807, 2.05) is 26.0 Å². The smallest absolute Gasteiger partial charge is 0.240 e. The number of pyridine rings is 1. The largest absolute Gasteiger partial charge is 0.254 e. The number of aryl methyl sites for hydroxylation is 2. The number of hydrogen-bond donors (Lipinski definition) is 0. The number of benzene rings is 1. The molecule has 1 aromatic carbocycles. The molecule has 3 nitrogen and oxygen atoms in total. The average Bonchev–Trinajstić information content (AvgIpc) is 2.29. The van der Waals surface area contributed by atoms with Crippen molar-refractivity contribution in [2.75, 3.05) is 0 Å². The second kappa shape index (κ2) is 4.73. The van der Waals surface area contributed by atoms with Crippen LogP contribution in [0.15, 0.2) is 41.5 Å². The van der Waals surface area contributed by atoms with Crippen LogP contribution in [0, 0.1) is 13.8 Å². The van der Waals surface area contributed by atoms with Gasteiger partial charge in [-0.05, 0) is 38.1 Å². The summed E-state index contributed by atoms with van der Waals surface area (Å²) in [4.78, 5) is 18.3. The van der Waals surface area contributed by atoms with E-state index in [1.165, 1.54) is 0 Å². The van der Waals surface area contributed by atoms with Crippen molar-refractivity contribution in [3.8, 4) is 11.3 Å². The van der Waals surface area contributed by atoms with E-state index in [-0.39, 0.29) is 0 Å². The first-order valence-electron chi connectivity index (χ1n) is 5.32. The molecule has 1 heterocycles. The van der Waals surface area contributed by atoms with Gasteiger partial charge >= 0.3 is 0 Å². The predicted molar refractivity (Wildman–Crippen MR) is 66.9 cm³/mol. The first-order chi connectivity index (χ1) is 8.20. The molecule has 84 valence electrons. The molecule has 1 aromatic heterocycles.